The summed E-state index contributed by atoms with van der Waals surface area (Å²) in [5.74, 6) is -1.27. The minimum atomic E-state index is -4.83. The summed E-state index contributed by atoms with van der Waals surface area (Å²) in [4.78, 5) is 11.4. The molecule has 0 N–H and O–H groups in total. The predicted octanol–water partition coefficient (Wildman–Crippen LogP) is 3.99. The molecule has 0 heterocycles. The number of benzene rings is 1. The summed E-state index contributed by atoms with van der Waals surface area (Å²) in [7, 11) is 0.894. The van der Waals surface area contributed by atoms with Crippen molar-refractivity contribution >= 4 is 11.5 Å². The summed E-state index contributed by atoms with van der Waals surface area (Å²) in [5.41, 5.74) is -3.73. The molecule has 1 aromatic carbocycles. The van der Waals surface area contributed by atoms with Gasteiger partial charge in [-0.05, 0) is 0 Å². The number of allylic oxidation sites excluding steroid dienone is 1. The van der Waals surface area contributed by atoms with Gasteiger partial charge in [-0.15, -0.1) is 0 Å². The lowest BCUT2D eigenvalue weighted by Gasteiger charge is -2.16. The molecule has 0 amide bonds. The number of hydrogen-bond acceptors (Lipinski definition) is 2. The summed E-state index contributed by atoms with van der Waals surface area (Å²) in [6.45, 7) is 2.80. The van der Waals surface area contributed by atoms with E-state index in [1.54, 1.807) is 0 Å². The Kier molecular flexibility index (Phi) is 4.28. The normalized spacial score (nSPS) is 11.5. The van der Waals surface area contributed by atoms with Crippen molar-refractivity contribution in [2.24, 2.45) is 0 Å². The average molecular weight is 280 g/mol. The Morgan fingerprint density at radius 1 is 1.32 bits per heavy atom. The van der Waals surface area contributed by atoms with Crippen molar-refractivity contribution in [2.75, 3.05) is 7.11 Å². The van der Waals surface area contributed by atoms with Crippen LogP contribution in [0.5, 0.6) is 0 Å². The Hall–Kier alpha value is -1.92. The van der Waals surface area contributed by atoms with Gasteiger partial charge in [0.25, 0.3) is 6.43 Å². The van der Waals surface area contributed by atoms with E-state index in [1.807, 2.05) is 0 Å². The van der Waals surface area contributed by atoms with Crippen molar-refractivity contribution in [1.29, 1.82) is 0 Å². The van der Waals surface area contributed by atoms with Gasteiger partial charge in [0.05, 0.1) is 18.2 Å². The van der Waals surface area contributed by atoms with Gasteiger partial charge in [0.1, 0.15) is 0 Å². The minimum Gasteiger partial charge on any atom is -0.465 e. The molecule has 0 aromatic heterocycles. The average Bonchev–Trinajstić information content (AvgIpc) is 2.34. The van der Waals surface area contributed by atoms with E-state index in [-0.39, 0.29) is 0 Å². The summed E-state index contributed by atoms with van der Waals surface area (Å²) in [5, 5.41) is 0. The van der Waals surface area contributed by atoms with Crippen molar-refractivity contribution in [3.63, 3.8) is 0 Å². The molecule has 19 heavy (non-hydrogen) atoms. The molecular weight excluding hydrogens is 271 g/mol. The fourth-order valence-corrected chi connectivity index (χ4v) is 1.49. The highest BCUT2D eigenvalue weighted by molar-refractivity contribution is 5.97. The first-order valence-electron chi connectivity index (χ1n) is 4.96. The Morgan fingerprint density at radius 2 is 1.89 bits per heavy atom. The number of carbonyl (C=O) groups is 1. The van der Waals surface area contributed by atoms with Gasteiger partial charge in [0, 0.05) is 11.1 Å². The minimum absolute atomic E-state index is 0.711. The van der Waals surface area contributed by atoms with Crippen LogP contribution in [-0.2, 0) is 4.74 Å². The summed E-state index contributed by atoms with van der Waals surface area (Å²) in [6.07, 6.45) is -7.93. The van der Waals surface area contributed by atoms with Crippen molar-refractivity contribution < 1.29 is 31.5 Å². The number of hydrogen-bond donors (Lipinski definition) is 0. The molecule has 0 bridgehead atoms. The number of alkyl halides is 5. The van der Waals surface area contributed by atoms with Crippen molar-refractivity contribution in [3.8, 4) is 0 Å². The molecule has 0 unspecified atom stereocenters. The van der Waals surface area contributed by atoms with Gasteiger partial charge >= 0.3 is 12.1 Å². The summed E-state index contributed by atoms with van der Waals surface area (Å²) >= 11 is 0. The zero-order valence-electron chi connectivity index (χ0n) is 9.72. The molecule has 0 aliphatic carbocycles. The molecule has 0 saturated carbocycles. The molecule has 0 saturated heterocycles. The van der Waals surface area contributed by atoms with Crippen LogP contribution in [0.2, 0.25) is 0 Å². The van der Waals surface area contributed by atoms with Gasteiger partial charge in [-0.3, -0.25) is 0 Å². The van der Waals surface area contributed by atoms with E-state index < -0.39 is 40.8 Å². The third-order valence-corrected chi connectivity index (χ3v) is 2.39. The van der Waals surface area contributed by atoms with Crippen molar-refractivity contribution in [3.05, 3.63) is 41.5 Å². The number of esters is 1. The molecule has 0 spiro atoms. The lowest BCUT2D eigenvalue weighted by atomic mass is 9.96. The van der Waals surface area contributed by atoms with Gasteiger partial charge in [-0.2, -0.15) is 13.2 Å². The quantitative estimate of drug-likeness (QED) is 0.618. The van der Waals surface area contributed by atoms with E-state index in [0.717, 1.165) is 25.3 Å². The maximum absolute atomic E-state index is 12.7. The van der Waals surface area contributed by atoms with Crippen LogP contribution in [0.1, 0.15) is 27.9 Å². The topological polar surface area (TPSA) is 26.3 Å². The predicted molar refractivity (Wildman–Crippen MR) is 57.8 cm³/mol. The highest BCUT2D eigenvalue weighted by atomic mass is 19.4. The molecule has 0 fully saturated rings. The number of carbonyl (C=O) groups excluding carboxylic acids is 1. The maximum Gasteiger partial charge on any atom is 0.416 e. The van der Waals surface area contributed by atoms with E-state index in [0.29, 0.717) is 0 Å². The Morgan fingerprint density at radius 3 is 2.32 bits per heavy atom. The second-order valence-electron chi connectivity index (χ2n) is 3.54. The third kappa shape index (κ3) is 3.10. The van der Waals surface area contributed by atoms with Gasteiger partial charge in [-0.25, -0.2) is 13.6 Å². The third-order valence-electron chi connectivity index (χ3n) is 2.39. The number of ether oxygens (including phenoxy) is 1. The zero-order chi connectivity index (χ0) is 14.8. The standard InChI is InChI=1S/C12H9F5O2/c1-6(12(15,16)17)7-4-3-5-8(10(13)14)9(7)11(18)19-2/h3-5,10H,1H2,2H3. The molecule has 0 aliphatic heterocycles. The van der Waals surface area contributed by atoms with Crippen LogP contribution in [0.15, 0.2) is 24.8 Å². The van der Waals surface area contributed by atoms with Crippen LogP contribution < -0.4 is 0 Å². The molecular formula is C12H9F5O2. The van der Waals surface area contributed by atoms with Crippen LogP contribution >= 0.6 is 0 Å². The van der Waals surface area contributed by atoms with Crippen LogP contribution in [0.3, 0.4) is 0 Å². The Balaban J connectivity index is 3.52. The maximum atomic E-state index is 12.7. The molecule has 0 aliphatic rings. The van der Waals surface area contributed by atoms with Crippen LogP contribution in [-0.4, -0.2) is 19.3 Å². The molecule has 1 rings (SSSR count). The van der Waals surface area contributed by atoms with E-state index in [4.69, 9.17) is 0 Å². The molecule has 104 valence electrons. The van der Waals surface area contributed by atoms with E-state index in [2.05, 4.69) is 11.3 Å². The first kappa shape index (κ1) is 15.1. The monoisotopic (exact) mass is 280 g/mol. The molecule has 0 atom stereocenters. The Bertz CT molecular complexity index is 505. The lowest BCUT2D eigenvalue weighted by molar-refractivity contribution is -0.0687. The second kappa shape index (κ2) is 5.38. The van der Waals surface area contributed by atoms with Crippen LogP contribution in [0.4, 0.5) is 22.0 Å². The largest absolute Gasteiger partial charge is 0.465 e. The molecule has 2 nitrogen and oxygen atoms in total. The molecule has 1 aromatic rings. The van der Waals surface area contributed by atoms with Gasteiger partial charge in [-0.1, -0.05) is 24.8 Å². The molecule has 0 radical (unpaired) electrons. The number of halogens is 5. The fraction of sp³-hybridized carbons (Fsp3) is 0.250. The Labute approximate surface area is 105 Å². The first-order chi connectivity index (χ1) is 8.70. The summed E-state index contributed by atoms with van der Waals surface area (Å²) in [6, 6.07) is 2.76. The molecule has 7 heteroatoms. The zero-order valence-corrected chi connectivity index (χ0v) is 9.72. The van der Waals surface area contributed by atoms with Gasteiger partial charge < -0.3 is 4.74 Å². The fourth-order valence-electron chi connectivity index (χ4n) is 1.49. The van der Waals surface area contributed by atoms with Crippen molar-refractivity contribution in [2.45, 2.75) is 12.6 Å². The highest BCUT2D eigenvalue weighted by Crippen LogP contribution is 2.37. The van der Waals surface area contributed by atoms with E-state index >= 15 is 0 Å². The first-order valence-corrected chi connectivity index (χ1v) is 4.96. The lowest BCUT2D eigenvalue weighted by Crippen LogP contribution is -2.16. The summed E-state index contributed by atoms with van der Waals surface area (Å²) < 4.78 is 67.5. The van der Waals surface area contributed by atoms with E-state index in [9.17, 15) is 26.7 Å². The number of methoxy groups -OCH3 is 1. The van der Waals surface area contributed by atoms with E-state index in [1.165, 1.54) is 0 Å². The second-order valence-corrected chi connectivity index (χ2v) is 3.54. The smallest absolute Gasteiger partial charge is 0.416 e. The van der Waals surface area contributed by atoms with Gasteiger partial charge in [0.15, 0.2) is 0 Å². The van der Waals surface area contributed by atoms with Crippen LogP contribution in [0.25, 0.3) is 5.57 Å². The highest BCUT2D eigenvalue weighted by Gasteiger charge is 2.36. The number of rotatable bonds is 3. The SMILES string of the molecule is C=C(c1cccc(C(F)F)c1C(=O)OC)C(F)(F)F. The van der Waals surface area contributed by atoms with Gasteiger partial charge in [0.2, 0.25) is 0 Å². The van der Waals surface area contributed by atoms with Crippen LogP contribution in [0, 0.1) is 0 Å². The van der Waals surface area contributed by atoms with Crippen molar-refractivity contribution in [1.82, 2.24) is 0 Å².